The Balaban J connectivity index is 2.20. The molecular weight excluding hydrogens is 228 g/mol. The summed E-state index contributed by atoms with van der Waals surface area (Å²) in [6.07, 6.45) is 2.00. The SMILES string of the molecule is NCCC(=O)NC1(c2ccccc2)CCOCC1. The van der Waals surface area contributed by atoms with Crippen LogP contribution in [0.1, 0.15) is 24.8 Å². The maximum absolute atomic E-state index is 11.9. The minimum absolute atomic E-state index is 0.0169. The van der Waals surface area contributed by atoms with Crippen LogP contribution in [0.25, 0.3) is 0 Å². The summed E-state index contributed by atoms with van der Waals surface area (Å²) in [5.41, 5.74) is 6.30. The van der Waals surface area contributed by atoms with Crippen molar-refractivity contribution in [2.75, 3.05) is 19.8 Å². The molecule has 0 atom stereocenters. The van der Waals surface area contributed by atoms with Gasteiger partial charge < -0.3 is 15.8 Å². The number of nitrogens with one attached hydrogen (secondary N) is 1. The van der Waals surface area contributed by atoms with Crippen molar-refractivity contribution in [3.8, 4) is 0 Å². The van der Waals surface area contributed by atoms with E-state index in [1.807, 2.05) is 18.2 Å². The molecule has 0 unspecified atom stereocenters. The smallest absolute Gasteiger partial charge is 0.221 e. The van der Waals surface area contributed by atoms with Crippen LogP contribution < -0.4 is 11.1 Å². The molecule has 1 aromatic rings. The number of nitrogens with two attached hydrogens (primary N) is 1. The molecule has 0 bridgehead atoms. The molecule has 0 radical (unpaired) electrons. The van der Waals surface area contributed by atoms with Gasteiger partial charge in [-0.2, -0.15) is 0 Å². The lowest BCUT2D eigenvalue weighted by molar-refractivity contribution is -0.124. The molecule has 1 aliphatic rings. The Morgan fingerprint density at radius 2 is 1.94 bits per heavy atom. The number of hydrogen-bond donors (Lipinski definition) is 2. The Hall–Kier alpha value is -1.39. The number of amides is 1. The molecule has 4 heteroatoms. The standard InChI is InChI=1S/C14H20N2O2/c15-9-6-13(17)16-14(7-10-18-11-8-14)12-4-2-1-3-5-12/h1-5H,6-11,15H2,(H,16,17). The van der Waals surface area contributed by atoms with Crippen molar-refractivity contribution in [3.63, 3.8) is 0 Å². The predicted octanol–water partition coefficient (Wildman–Crippen LogP) is 1.16. The lowest BCUT2D eigenvalue weighted by Gasteiger charge is -2.38. The topological polar surface area (TPSA) is 64.4 Å². The lowest BCUT2D eigenvalue weighted by atomic mass is 9.82. The molecule has 3 N–H and O–H groups in total. The number of carbonyl (C=O) groups excluding carboxylic acids is 1. The Morgan fingerprint density at radius 1 is 1.28 bits per heavy atom. The zero-order valence-electron chi connectivity index (χ0n) is 10.5. The van der Waals surface area contributed by atoms with Gasteiger partial charge in [0, 0.05) is 26.2 Å². The number of hydrogen-bond acceptors (Lipinski definition) is 3. The van der Waals surface area contributed by atoms with E-state index in [-0.39, 0.29) is 11.4 Å². The monoisotopic (exact) mass is 248 g/mol. The van der Waals surface area contributed by atoms with E-state index in [0.29, 0.717) is 26.2 Å². The van der Waals surface area contributed by atoms with Crippen molar-refractivity contribution in [2.45, 2.75) is 24.8 Å². The van der Waals surface area contributed by atoms with Gasteiger partial charge in [0.25, 0.3) is 0 Å². The van der Waals surface area contributed by atoms with E-state index >= 15 is 0 Å². The third-order valence-electron chi connectivity index (χ3n) is 3.42. The fourth-order valence-electron chi connectivity index (χ4n) is 2.42. The summed E-state index contributed by atoms with van der Waals surface area (Å²) in [6, 6.07) is 10.1. The quantitative estimate of drug-likeness (QED) is 0.840. The van der Waals surface area contributed by atoms with Crippen LogP contribution in [0.15, 0.2) is 30.3 Å². The number of rotatable bonds is 4. The molecule has 1 fully saturated rings. The van der Waals surface area contributed by atoms with E-state index in [2.05, 4.69) is 17.4 Å². The molecule has 1 amide bonds. The molecule has 98 valence electrons. The predicted molar refractivity (Wildman–Crippen MR) is 70.0 cm³/mol. The minimum Gasteiger partial charge on any atom is -0.381 e. The fraction of sp³-hybridized carbons (Fsp3) is 0.500. The van der Waals surface area contributed by atoms with Gasteiger partial charge in [0.05, 0.1) is 5.54 Å². The van der Waals surface area contributed by atoms with Crippen molar-refractivity contribution >= 4 is 5.91 Å². The second-order valence-electron chi connectivity index (χ2n) is 4.65. The second-order valence-corrected chi connectivity index (χ2v) is 4.65. The molecule has 1 saturated heterocycles. The van der Waals surface area contributed by atoms with Crippen molar-refractivity contribution in [2.24, 2.45) is 5.73 Å². The van der Waals surface area contributed by atoms with Gasteiger partial charge in [0.1, 0.15) is 0 Å². The Labute approximate surface area is 108 Å². The van der Waals surface area contributed by atoms with Gasteiger partial charge in [-0.05, 0) is 18.4 Å². The van der Waals surface area contributed by atoms with E-state index < -0.39 is 0 Å². The molecule has 4 nitrogen and oxygen atoms in total. The van der Waals surface area contributed by atoms with Gasteiger partial charge in [-0.25, -0.2) is 0 Å². The fourth-order valence-corrected chi connectivity index (χ4v) is 2.42. The van der Waals surface area contributed by atoms with Crippen LogP contribution in [0.4, 0.5) is 0 Å². The van der Waals surface area contributed by atoms with E-state index in [4.69, 9.17) is 10.5 Å². The van der Waals surface area contributed by atoms with Crippen molar-refractivity contribution in [1.29, 1.82) is 0 Å². The summed E-state index contributed by atoms with van der Waals surface area (Å²) in [7, 11) is 0. The van der Waals surface area contributed by atoms with E-state index in [9.17, 15) is 4.79 Å². The molecule has 18 heavy (non-hydrogen) atoms. The second kappa shape index (κ2) is 5.98. The highest BCUT2D eigenvalue weighted by Gasteiger charge is 2.35. The Bertz CT molecular complexity index is 386. The zero-order valence-corrected chi connectivity index (χ0v) is 10.5. The molecule has 1 aliphatic heterocycles. The van der Waals surface area contributed by atoms with Crippen LogP contribution in [0.5, 0.6) is 0 Å². The minimum atomic E-state index is -0.286. The van der Waals surface area contributed by atoms with Gasteiger partial charge in [-0.1, -0.05) is 30.3 Å². The van der Waals surface area contributed by atoms with Gasteiger partial charge in [-0.3, -0.25) is 4.79 Å². The highest BCUT2D eigenvalue weighted by atomic mass is 16.5. The summed E-state index contributed by atoms with van der Waals surface area (Å²) in [6.45, 7) is 1.74. The third-order valence-corrected chi connectivity index (χ3v) is 3.42. The molecule has 0 aromatic heterocycles. The van der Waals surface area contributed by atoms with Crippen molar-refractivity contribution < 1.29 is 9.53 Å². The molecular formula is C14H20N2O2. The first-order chi connectivity index (χ1) is 8.77. The Kier molecular flexibility index (Phi) is 4.33. The molecule has 2 rings (SSSR count). The molecule has 1 heterocycles. The summed E-state index contributed by atoms with van der Waals surface area (Å²) in [5, 5.41) is 3.15. The van der Waals surface area contributed by atoms with Crippen molar-refractivity contribution in [3.05, 3.63) is 35.9 Å². The first-order valence-electron chi connectivity index (χ1n) is 6.41. The third kappa shape index (κ3) is 2.89. The summed E-state index contributed by atoms with van der Waals surface area (Å²) >= 11 is 0. The molecule has 1 aromatic carbocycles. The van der Waals surface area contributed by atoms with Gasteiger partial charge in [0.15, 0.2) is 0 Å². The maximum Gasteiger partial charge on any atom is 0.221 e. The zero-order chi connectivity index (χ0) is 12.8. The number of benzene rings is 1. The van der Waals surface area contributed by atoms with E-state index in [0.717, 1.165) is 18.4 Å². The average Bonchev–Trinajstić information content (AvgIpc) is 2.41. The summed E-state index contributed by atoms with van der Waals surface area (Å²) in [5.74, 6) is 0.0169. The van der Waals surface area contributed by atoms with Gasteiger partial charge in [0.2, 0.25) is 5.91 Å². The van der Waals surface area contributed by atoms with Crippen molar-refractivity contribution in [1.82, 2.24) is 5.32 Å². The number of ether oxygens (including phenoxy) is 1. The Morgan fingerprint density at radius 3 is 2.56 bits per heavy atom. The van der Waals surface area contributed by atoms with Crippen LogP contribution in [0.2, 0.25) is 0 Å². The first-order valence-corrected chi connectivity index (χ1v) is 6.41. The van der Waals surface area contributed by atoms with Gasteiger partial charge >= 0.3 is 0 Å². The summed E-state index contributed by atoms with van der Waals surface area (Å²) in [4.78, 5) is 11.9. The van der Waals surface area contributed by atoms with Crippen LogP contribution >= 0.6 is 0 Å². The molecule has 0 saturated carbocycles. The highest BCUT2D eigenvalue weighted by molar-refractivity contribution is 5.77. The lowest BCUT2D eigenvalue weighted by Crippen LogP contribution is -2.49. The maximum atomic E-state index is 11.9. The van der Waals surface area contributed by atoms with Crippen LogP contribution in [0, 0.1) is 0 Å². The highest BCUT2D eigenvalue weighted by Crippen LogP contribution is 2.32. The largest absolute Gasteiger partial charge is 0.381 e. The van der Waals surface area contributed by atoms with Gasteiger partial charge in [-0.15, -0.1) is 0 Å². The average molecular weight is 248 g/mol. The van der Waals surface area contributed by atoms with Crippen LogP contribution in [-0.4, -0.2) is 25.7 Å². The number of carbonyl (C=O) groups is 1. The normalized spacial score (nSPS) is 18.3. The van der Waals surface area contributed by atoms with Crippen LogP contribution in [-0.2, 0) is 15.1 Å². The first kappa shape index (κ1) is 13.1. The van der Waals surface area contributed by atoms with E-state index in [1.165, 1.54) is 0 Å². The van der Waals surface area contributed by atoms with E-state index in [1.54, 1.807) is 0 Å². The summed E-state index contributed by atoms with van der Waals surface area (Å²) < 4.78 is 5.41. The van der Waals surface area contributed by atoms with Crippen LogP contribution in [0.3, 0.4) is 0 Å². The molecule has 0 spiro atoms. The molecule has 0 aliphatic carbocycles.